The van der Waals surface area contributed by atoms with Crippen molar-refractivity contribution >= 4 is 22.8 Å². The molecule has 1 aromatic heterocycles. The standard InChI is InChI=1S/C28H27N5O2/c34-27(21-6-2-1-3-7-21)31-16-14-30(15-17-31)24-18-32(19-24)28(35)22-10-12-23(13-11-22)33-20-29-25-8-4-5-9-26(25)33/h1-13,20,24H,14-19H2. The van der Waals surface area contributed by atoms with Crippen molar-refractivity contribution in [1.29, 1.82) is 0 Å². The summed E-state index contributed by atoms with van der Waals surface area (Å²) in [6.45, 7) is 4.61. The molecule has 35 heavy (non-hydrogen) atoms. The van der Waals surface area contributed by atoms with Gasteiger partial charge in [0.2, 0.25) is 0 Å². The van der Waals surface area contributed by atoms with Crippen molar-refractivity contribution in [2.45, 2.75) is 6.04 Å². The molecule has 6 rings (SSSR count). The summed E-state index contributed by atoms with van der Waals surface area (Å²) in [6, 6.07) is 25.6. The predicted octanol–water partition coefficient (Wildman–Crippen LogP) is 3.31. The van der Waals surface area contributed by atoms with Gasteiger partial charge in [-0.2, -0.15) is 0 Å². The molecule has 0 aliphatic carbocycles. The average Bonchev–Trinajstić information content (AvgIpc) is 3.33. The van der Waals surface area contributed by atoms with Crippen LogP contribution in [0.2, 0.25) is 0 Å². The van der Waals surface area contributed by atoms with Crippen molar-refractivity contribution in [3.63, 3.8) is 0 Å². The third-order valence-electron chi connectivity index (χ3n) is 7.13. The highest BCUT2D eigenvalue weighted by Gasteiger charge is 2.37. The Morgan fingerprint density at radius 3 is 2.06 bits per heavy atom. The first-order chi connectivity index (χ1) is 17.2. The van der Waals surface area contributed by atoms with Gasteiger partial charge in [0.25, 0.3) is 11.8 Å². The minimum Gasteiger partial charge on any atom is -0.336 e. The monoisotopic (exact) mass is 465 g/mol. The van der Waals surface area contributed by atoms with Gasteiger partial charge >= 0.3 is 0 Å². The summed E-state index contributed by atoms with van der Waals surface area (Å²) < 4.78 is 2.03. The fourth-order valence-electron chi connectivity index (χ4n) is 5.02. The van der Waals surface area contributed by atoms with Crippen LogP contribution in [0, 0.1) is 0 Å². The van der Waals surface area contributed by atoms with E-state index in [1.54, 1.807) is 0 Å². The van der Waals surface area contributed by atoms with E-state index < -0.39 is 0 Å². The smallest absolute Gasteiger partial charge is 0.253 e. The Morgan fingerprint density at radius 2 is 1.31 bits per heavy atom. The molecular weight excluding hydrogens is 438 g/mol. The summed E-state index contributed by atoms with van der Waals surface area (Å²) >= 11 is 0. The number of aromatic nitrogens is 2. The van der Waals surface area contributed by atoms with E-state index in [9.17, 15) is 9.59 Å². The normalized spacial score (nSPS) is 16.9. The molecule has 0 atom stereocenters. The Morgan fingerprint density at radius 1 is 0.686 bits per heavy atom. The van der Waals surface area contributed by atoms with Gasteiger partial charge in [0, 0.05) is 62.1 Å². The molecule has 2 fully saturated rings. The fourth-order valence-corrected chi connectivity index (χ4v) is 5.02. The van der Waals surface area contributed by atoms with Gasteiger partial charge < -0.3 is 9.80 Å². The van der Waals surface area contributed by atoms with Gasteiger partial charge in [0.05, 0.1) is 11.0 Å². The number of para-hydroxylation sites is 2. The first-order valence-corrected chi connectivity index (χ1v) is 12.1. The number of imidazole rings is 1. The molecule has 7 nitrogen and oxygen atoms in total. The molecule has 2 aliphatic heterocycles. The lowest BCUT2D eigenvalue weighted by Crippen LogP contribution is -2.64. The van der Waals surface area contributed by atoms with Crippen LogP contribution in [0.3, 0.4) is 0 Å². The average molecular weight is 466 g/mol. The molecule has 2 aliphatic rings. The zero-order valence-corrected chi connectivity index (χ0v) is 19.5. The summed E-state index contributed by atoms with van der Waals surface area (Å²) in [4.78, 5) is 36.4. The van der Waals surface area contributed by atoms with Gasteiger partial charge in [-0.25, -0.2) is 4.98 Å². The van der Waals surface area contributed by atoms with Crippen molar-refractivity contribution in [1.82, 2.24) is 24.3 Å². The highest BCUT2D eigenvalue weighted by molar-refractivity contribution is 5.95. The van der Waals surface area contributed by atoms with Gasteiger partial charge in [0.1, 0.15) is 6.33 Å². The van der Waals surface area contributed by atoms with E-state index in [1.807, 2.05) is 99.6 Å². The van der Waals surface area contributed by atoms with Crippen molar-refractivity contribution in [2.75, 3.05) is 39.3 Å². The molecule has 176 valence electrons. The molecule has 0 spiro atoms. The summed E-state index contributed by atoms with van der Waals surface area (Å²) in [5.74, 6) is 0.170. The maximum Gasteiger partial charge on any atom is 0.253 e. The Labute approximate surface area is 204 Å². The van der Waals surface area contributed by atoms with E-state index in [-0.39, 0.29) is 11.8 Å². The van der Waals surface area contributed by atoms with Crippen LogP contribution >= 0.6 is 0 Å². The predicted molar refractivity (Wildman–Crippen MR) is 135 cm³/mol. The maximum absolute atomic E-state index is 13.0. The SMILES string of the molecule is O=C(c1ccccc1)N1CCN(C2CN(C(=O)c3ccc(-n4cnc5ccccc54)cc3)C2)CC1. The first kappa shape index (κ1) is 21.6. The third-order valence-corrected chi connectivity index (χ3v) is 7.13. The van der Waals surface area contributed by atoms with Crippen molar-refractivity contribution in [3.8, 4) is 5.69 Å². The molecule has 3 aromatic carbocycles. The van der Waals surface area contributed by atoms with Crippen LogP contribution in [0.15, 0.2) is 85.2 Å². The molecule has 7 heteroatoms. The number of nitrogens with zero attached hydrogens (tertiary/aromatic N) is 5. The van der Waals surface area contributed by atoms with Crippen LogP contribution < -0.4 is 0 Å². The van der Waals surface area contributed by atoms with Crippen LogP contribution in [0.5, 0.6) is 0 Å². The molecule has 0 bridgehead atoms. The molecule has 0 saturated carbocycles. The van der Waals surface area contributed by atoms with Crippen LogP contribution in [-0.2, 0) is 0 Å². The van der Waals surface area contributed by atoms with E-state index in [2.05, 4.69) is 9.88 Å². The molecular formula is C28H27N5O2. The van der Waals surface area contributed by atoms with E-state index in [0.29, 0.717) is 11.6 Å². The van der Waals surface area contributed by atoms with Gasteiger partial charge in [-0.3, -0.25) is 19.1 Å². The minimum atomic E-state index is 0.0705. The van der Waals surface area contributed by atoms with E-state index >= 15 is 0 Å². The Kier molecular flexibility index (Phi) is 5.54. The summed E-state index contributed by atoms with van der Waals surface area (Å²) in [5.41, 5.74) is 4.43. The summed E-state index contributed by atoms with van der Waals surface area (Å²) in [7, 11) is 0. The number of amides is 2. The Bertz CT molecular complexity index is 1350. The second-order valence-corrected chi connectivity index (χ2v) is 9.21. The quantitative estimate of drug-likeness (QED) is 0.464. The van der Waals surface area contributed by atoms with Crippen molar-refractivity contribution < 1.29 is 9.59 Å². The zero-order valence-electron chi connectivity index (χ0n) is 19.5. The lowest BCUT2D eigenvalue weighted by Gasteiger charge is -2.48. The van der Waals surface area contributed by atoms with Gasteiger partial charge in [-0.05, 0) is 48.5 Å². The number of rotatable bonds is 4. The van der Waals surface area contributed by atoms with Crippen LogP contribution in [0.1, 0.15) is 20.7 Å². The second kappa shape index (κ2) is 9.00. The molecule has 2 amide bonds. The number of carbonyl (C=O) groups is 2. The van der Waals surface area contributed by atoms with E-state index in [1.165, 1.54) is 0 Å². The molecule has 0 N–H and O–H groups in total. The number of hydrogen-bond acceptors (Lipinski definition) is 4. The van der Waals surface area contributed by atoms with Crippen molar-refractivity contribution in [2.24, 2.45) is 0 Å². The van der Waals surface area contributed by atoms with Gasteiger partial charge in [-0.15, -0.1) is 0 Å². The highest BCUT2D eigenvalue weighted by Crippen LogP contribution is 2.22. The molecule has 3 heterocycles. The highest BCUT2D eigenvalue weighted by atomic mass is 16.2. The maximum atomic E-state index is 13.0. The number of likely N-dealkylation sites (tertiary alicyclic amines) is 1. The lowest BCUT2D eigenvalue weighted by atomic mass is 10.0. The van der Waals surface area contributed by atoms with E-state index in [4.69, 9.17) is 0 Å². The summed E-state index contributed by atoms with van der Waals surface area (Å²) in [5, 5.41) is 0. The number of hydrogen-bond donors (Lipinski definition) is 0. The topological polar surface area (TPSA) is 61.7 Å². The lowest BCUT2D eigenvalue weighted by molar-refractivity contribution is 0.00854. The first-order valence-electron chi connectivity index (χ1n) is 12.1. The minimum absolute atomic E-state index is 0.0705. The van der Waals surface area contributed by atoms with Gasteiger partial charge in [-0.1, -0.05) is 30.3 Å². The van der Waals surface area contributed by atoms with Gasteiger partial charge in [0.15, 0.2) is 0 Å². The Balaban J connectivity index is 1.03. The number of piperazine rings is 1. The number of carbonyl (C=O) groups excluding carboxylic acids is 2. The summed E-state index contributed by atoms with van der Waals surface area (Å²) in [6.07, 6.45) is 1.81. The fraction of sp³-hybridized carbons (Fsp3) is 0.250. The largest absolute Gasteiger partial charge is 0.336 e. The molecule has 0 radical (unpaired) electrons. The van der Waals surface area contributed by atoms with E-state index in [0.717, 1.165) is 61.6 Å². The molecule has 4 aromatic rings. The van der Waals surface area contributed by atoms with Crippen LogP contribution in [-0.4, -0.2) is 81.4 Å². The Hall–Kier alpha value is -3.97. The molecule has 0 unspecified atom stereocenters. The number of fused-ring (bicyclic) bond motifs is 1. The molecule has 2 saturated heterocycles. The second-order valence-electron chi connectivity index (χ2n) is 9.21. The third kappa shape index (κ3) is 4.08. The van der Waals surface area contributed by atoms with Crippen LogP contribution in [0.4, 0.5) is 0 Å². The zero-order chi connectivity index (χ0) is 23.8. The van der Waals surface area contributed by atoms with Crippen LogP contribution in [0.25, 0.3) is 16.7 Å². The van der Waals surface area contributed by atoms with Crippen molar-refractivity contribution in [3.05, 3.63) is 96.3 Å². The number of benzene rings is 3.